The van der Waals surface area contributed by atoms with E-state index in [1.165, 1.54) is 0 Å². The molecule has 4 rings (SSSR count). The van der Waals surface area contributed by atoms with E-state index in [4.69, 9.17) is 15.1 Å². The van der Waals surface area contributed by atoms with Crippen LogP contribution in [0.15, 0.2) is 28.2 Å². The van der Waals surface area contributed by atoms with Gasteiger partial charge in [-0.3, -0.25) is 9.98 Å². The van der Waals surface area contributed by atoms with Gasteiger partial charge in [0.1, 0.15) is 17.7 Å². The van der Waals surface area contributed by atoms with Crippen LogP contribution in [0.2, 0.25) is 0 Å². The number of hydrogen-bond donors (Lipinski definition) is 1. The molecule has 0 spiro atoms. The highest BCUT2D eigenvalue weighted by atomic mass is 16.3. The van der Waals surface area contributed by atoms with Gasteiger partial charge in [-0.1, -0.05) is 6.07 Å². The monoisotopic (exact) mass is 327 g/mol. The molecule has 3 aliphatic rings. The van der Waals surface area contributed by atoms with Crippen molar-refractivity contribution in [2.75, 3.05) is 44.7 Å². The van der Waals surface area contributed by atoms with Crippen molar-refractivity contribution >= 4 is 17.7 Å². The molecule has 0 radical (unpaired) electrons. The summed E-state index contributed by atoms with van der Waals surface area (Å²) in [6.07, 6.45) is 3.96. The summed E-state index contributed by atoms with van der Waals surface area (Å²) < 4.78 is 0. The zero-order valence-electron chi connectivity index (χ0n) is 14.2. The van der Waals surface area contributed by atoms with Gasteiger partial charge in [-0.2, -0.15) is 0 Å². The van der Waals surface area contributed by atoms with E-state index in [2.05, 4.69) is 34.0 Å². The fourth-order valence-electron chi connectivity index (χ4n) is 3.67. The summed E-state index contributed by atoms with van der Waals surface area (Å²) in [5.41, 5.74) is 1.80. The lowest BCUT2D eigenvalue weighted by molar-refractivity contribution is 0.0945. The second kappa shape index (κ2) is 6.61. The topological polar surface area (TPSA) is 64.3 Å². The number of likely N-dealkylation sites (N-methyl/N-ethyl adjacent to an activating group) is 1. The Balaban J connectivity index is 1.45. The van der Waals surface area contributed by atoms with E-state index in [1.54, 1.807) is 0 Å². The smallest absolute Gasteiger partial charge is 0.143 e. The zero-order valence-corrected chi connectivity index (χ0v) is 14.2. The lowest BCUT2D eigenvalue weighted by atomic mass is 9.74. The van der Waals surface area contributed by atoms with Crippen molar-refractivity contribution in [3.8, 4) is 0 Å². The van der Waals surface area contributed by atoms with Crippen LogP contribution in [-0.2, 0) is 0 Å². The second-order valence-corrected chi connectivity index (χ2v) is 7.16. The third-order valence-electron chi connectivity index (χ3n) is 5.40. The van der Waals surface area contributed by atoms with E-state index in [1.807, 2.05) is 12.3 Å². The van der Waals surface area contributed by atoms with Gasteiger partial charge in [-0.25, -0.2) is 4.98 Å². The molecule has 1 saturated heterocycles. The van der Waals surface area contributed by atoms with Gasteiger partial charge in [-0.15, -0.1) is 0 Å². The number of piperazine rings is 1. The Morgan fingerprint density at radius 1 is 1.17 bits per heavy atom. The Hall–Kier alpha value is -1.79. The number of rotatable bonds is 4. The largest absolute Gasteiger partial charge is 0.396 e. The Morgan fingerprint density at radius 2 is 1.96 bits per heavy atom. The molecule has 128 valence electrons. The number of aliphatic hydroxyl groups excluding tert-OH is 1. The Bertz CT molecular complexity index is 645. The van der Waals surface area contributed by atoms with E-state index >= 15 is 0 Å². The average Bonchev–Trinajstić information content (AvgIpc) is 3.04. The standard InChI is InChI=1S/C18H25N5O/c1-22-5-7-23(8-6-22)17-4-2-3-15(20-17)16-11-19-18(21-16)14-9-13(10-14)12-24/h2-4,11,13-14,18,24H,5-10,12H2,1H3. The molecule has 0 bridgehead atoms. The Morgan fingerprint density at radius 3 is 2.71 bits per heavy atom. The van der Waals surface area contributed by atoms with Crippen LogP contribution in [0.1, 0.15) is 18.5 Å². The minimum atomic E-state index is 0.0249. The van der Waals surface area contributed by atoms with Crippen LogP contribution in [0.4, 0.5) is 5.82 Å². The normalized spacial score (nSPS) is 30.3. The Labute approximate surface area is 142 Å². The summed E-state index contributed by atoms with van der Waals surface area (Å²) >= 11 is 0. The number of pyridine rings is 1. The average molecular weight is 327 g/mol. The van der Waals surface area contributed by atoms with Crippen molar-refractivity contribution in [1.29, 1.82) is 0 Å². The SMILES string of the molecule is CN1CCN(c2cccc(C3=NC(C4CC(CO)C4)N=C3)n2)CC1. The van der Waals surface area contributed by atoms with Crippen LogP contribution in [-0.4, -0.2) is 72.9 Å². The first kappa shape index (κ1) is 15.7. The molecule has 1 saturated carbocycles. The molecule has 1 aromatic rings. The maximum Gasteiger partial charge on any atom is 0.143 e. The van der Waals surface area contributed by atoms with Gasteiger partial charge in [-0.05, 0) is 37.9 Å². The van der Waals surface area contributed by atoms with Crippen LogP contribution in [0.25, 0.3) is 0 Å². The summed E-state index contributed by atoms with van der Waals surface area (Å²) in [5, 5.41) is 9.16. The minimum Gasteiger partial charge on any atom is -0.396 e. The third kappa shape index (κ3) is 3.08. The molecule has 6 heteroatoms. The van der Waals surface area contributed by atoms with Gasteiger partial charge in [0.15, 0.2) is 0 Å². The van der Waals surface area contributed by atoms with E-state index in [0.717, 1.165) is 56.2 Å². The fourth-order valence-corrected chi connectivity index (χ4v) is 3.67. The number of hydrogen-bond acceptors (Lipinski definition) is 6. The molecule has 1 unspecified atom stereocenters. The number of anilines is 1. The van der Waals surface area contributed by atoms with Gasteiger partial charge in [0.25, 0.3) is 0 Å². The van der Waals surface area contributed by atoms with Crippen molar-refractivity contribution in [3.63, 3.8) is 0 Å². The lowest BCUT2D eigenvalue weighted by Gasteiger charge is -2.35. The molecule has 1 aromatic heterocycles. The highest BCUT2D eigenvalue weighted by Crippen LogP contribution is 2.38. The molecule has 0 aromatic carbocycles. The van der Waals surface area contributed by atoms with E-state index < -0.39 is 0 Å². The van der Waals surface area contributed by atoms with Crippen molar-refractivity contribution < 1.29 is 5.11 Å². The summed E-state index contributed by atoms with van der Waals surface area (Å²) in [7, 11) is 2.16. The Kier molecular flexibility index (Phi) is 4.33. The molecule has 1 aliphatic carbocycles. The first-order valence-electron chi connectivity index (χ1n) is 8.85. The highest BCUT2D eigenvalue weighted by molar-refractivity contribution is 6.38. The van der Waals surface area contributed by atoms with Crippen molar-refractivity contribution in [2.24, 2.45) is 21.8 Å². The van der Waals surface area contributed by atoms with Crippen LogP contribution in [0.3, 0.4) is 0 Å². The number of aliphatic imine (C=N–C) groups is 2. The molecular formula is C18H25N5O. The summed E-state index contributed by atoms with van der Waals surface area (Å²) in [4.78, 5) is 18.8. The predicted molar refractivity (Wildman–Crippen MR) is 96.1 cm³/mol. The zero-order chi connectivity index (χ0) is 16.5. The minimum absolute atomic E-state index is 0.0249. The maximum absolute atomic E-state index is 9.16. The molecule has 3 heterocycles. The van der Waals surface area contributed by atoms with E-state index in [9.17, 15) is 0 Å². The molecule has 2 aliphatic heterocycles. The number of aromatic nitrogens is 1. The third-order valence-corrected chi connectivity index (χ3v) is 5.40. The molecule has 1 atom stereocenters. The van der Waals surface area contributed by atoms with Crippen molar-refractivity contribution in [3.05, 3.63) is 23.9 Å². The van der Waals surface area contributed by atoms with E-state index in [0.29, 0.717) is 11.8 Å². The predicted octanol–water partition coefficient (Wildman–Crippen LogP) is 1.05. The second-order valence-electron chi connectivity index (χ2n) is 7.16. The first-order valence-corrected chi connectivity index (χ1v) is 8.85. The van der Waals surface area contributed by atoms with E-state index in [-0.39, 0.29) is 12.8 Å². The lowest BCUT2D eigenvalue weighted by Crippen LogP contribution is -2.44. The molecule has 2 fully saturated rings. The van der Waals surface area contributed by atoms with Gasteiger partial charge in [0.05, 0.1) is 11.9 Å². The molecular weight excluding hydrogens is 302 g/mol. The molecule has 1 N–H and O–H groups in total. The van der Waals surface area contributed by atoms with Crippen LogP contribution < -0.4 is 4.90 Å². The fraction of sp³-hybridized carbons (Fsp3) is 0.611. The van der Waals surface area contributed by atoms with Crippen LogP contribution >= 0.6 is 0 Å². The summed E-state index contributed by atoms with van der Waals surface area (Å²) in [6, 6.07) is 6.16. The summed E-state index contributed by atoms with van der Waals surface area (Å²) in [6.45, 7) is 4.47. The summed E-state index contributed by atoms with van der Waals surface area (Å²) in [5.74, 6) is 1.96. The molecule has 0 amide bonds. The van der Waals surface area contributed by atoms with Crippen LogP contribution in [0.5, 0.6) is 0 Å². The van der Waals surface area contributed by atoms with Gasteiger partial charge in [0, 0.05) is 38.7 Å². The number of nitrogens with zero attached hydrogens (tertiary/aromatic N) is 5. The van der Waals surface area contributed by atoms with Crippen LogP contribution in [0, 0.1) is 11.8 Å². The molecule has 6 nitrogen and oxygen atoms in total. The van der Waals surface area contributed by atoms with Gasteiger partial charge >= 0.3 is 0 Å². The molecule has 24 heavy (non-hydrogen) atoms. The quantitative estimate of drug-likeness (QED) is 0.898. The highest BCUT2D eigenvalue weighted by Gasteiger charge is 2.35. The van der Waals surface area contributed by atoms with Gasteiger partial charge < -0.3 is 14.9 Å². The maximum atomic E-state index is 9.16. The van der Waals surface area contributed by atoms with Crippen molar-refractivity contribution in [2.45, 2.75) is 19.0 Å². The first-order chi connectivity index (χ1) is 11.7. The number of aliphatic hydroxyl groups is 1. The van der Waals surface area contributed by atoms with Gasteiger partial charge in [0.2, 0.25) is 0 Å². The van der Waals surface area contributed by atoms with Crippen molar-refractivity contribution in [1.82, 2.24) is 9.88 Å².